The van der Waals surface area contributed by atoms with E-state index >= 15 is 0 Å². The van der Waals surface area contributed by atoms with Gasteiger partial charge in [0.1, 0.15) is 5.75 Å². The number of amides is 1. The summed E-state index contributed by atoms with van der Waals surface area (Å²) in [5.41, 5.74) is 3.70. The normalized spacial score (nSPS) is 14.7. The summed E-state index contributed by atoms with van der Waals surface area (Å²) in [7, 11) is 0. The summed E-state index contributed by atoms with van der Waals surface area (Å²) in [6.45, 7) is 3.28. The lowest BCUT2D eigenvalue weighted by atomic mass is 10.0. The van der Waals surface area contributed by atoms with Gasteiger partial charge in [-0.25, -0.2) is 0 Å². The van der Waals surface area contributed by atoms with Gasteiger partial charge in [0.2, 0.25) is 6.79 Å². The molecule has 0 aromatic heterocycles. The lowest BCUT2D eigenvalue weighted by Crippen LogP contribution is -2.33. The van der Waals surface area contributed by atoms with Crippen LogP contribution in [0.1, 0.15) is 40.0 Å². The number of ether oxygens (including phenoxy) is 3. The van der Waals surface area contributed by atoms with E-state index in [1.807, 2.05) is 71.6 Å². The Labute approximate surface area is 175 Å². The topological polar surface area (TPSA) is 48.0 Å². The van der Waals surface area contributed by atoms with E-state index in [4.69, 9.17) is 14.2 Å². The van der Waals surface area contributed by atoms with Gasteiger partial charge in [-0.3, -0.25) is 4.79 Å². The van der Waals surface area contributed by atoms with Crippen LogP contribution in [0, 0.1) is 0 Å². The Bertz CT molecular complexity index is 1080. The Morgan fingerprint density at radius 3 is 2.63 bits per heavy atom. The van der Waals surface area contributed by atoms with Gasteiger partial charge in [-0.05, 0) is 30.2 Å². The van der Waals surface area contributed by atoms with Crippen molar-refractivity contribution in [1.29, 1.82) is 0 Å². The molecule has 5 rings (SSSR count). The predicted molar refractivity (Wildman–Crippen MR) is 113 cm³/mol. The maximum Gasteiger partial charge on any atom is 0.258 e. The van der Waals surface area contributed by atoms with Crippen LogP contribution in [0.4, 0.5) is 0 Å². The highest BCUT2D eigenvalue weighted by Crippen LogP contribution is 2.38. The highest BCUT2D eigenvalue weighted by Gasteiger charge is 2.29. The van der Waals surface area contributed by atoms with Crippen LogP contribution in [0.5, 0.6) is 17.2 Å². The van der Waals surface area contributed by atoms with Crippen LogP contribution in [-0.2, 0) is 13.0 Å². The summed E-state index contributed by atoms with van der Waals surface area (Å²) in [6.07, 6.45) is 0.835. The SMILES string of the molecule is C[C@H](c1ccccc1)N(Cc1cccc2c1OCO2)C(=O)c1cccc2c1OCC2. The minimum atomic E-state index is -0.130. The fourth-order valence-corrected chi connectivity index (χ4v) is 4.13. The zero-order valence-electron chi connectivity index (χ0n) is 16.8. The summed E-state index contributed by atoms with van der Waals surface area (Å²) < 4.78 is 17.0. The van der Waals surface area contributed by atoms with Gasteiger partial charge in [0.15, 0.2) is 11.5 Å². The first-order chi connectivity index (χ1) is 14.7. The Kier molecular flexibility index (Phi) is 4.79. The Morgan fingerprint density at radius 2 is 1.77 bits per heavy atom. The molecular weight excluding hydrogens is 378 g/mol. The third-order valence-electron chi connectivity index (χ3n) is 5.77. The largest absolute Gasteiger partial charge is 0.492 e. The minimum Gasteiger partial charge on any atom is -0.492 e. The molecular formula is C25H23NO4. The second-order valence-electron chi connectivity index (χ2n) is 7.56. The van der Waals surface area contributed by atoms with Crippen molar-refractivity contribution in [2.75, 3.05) is 13.4 Å². The number of nitrogens with zero attached hydrogens (tertiary/aromatic N) is 1. The van der Waals surface area contributed by atoms with Gasteiger partial charge in [-0.2, -0.15) is 0 Å². The number of carbonyl (C=O) groups is 1. The number of fused-ring (bicyclic) bond motifs is 2. The number of rotatable bonds is 5. The quantitative estimate of drug-likeness (QED) is 0.619. The molecule has 0 radical (unpaired) electrons. The zero-order valence-corrected chi connectivity index (χ0v) is 16.8. The molecule has 2 aliphatic rings. The molecule has 3 aromatic carbocycles. The molecule has 1 atom stereocenters. The average molecular weight is 401 g/mol. The lowest BCUT2D eigenvalue weighted by Gasteiger charge is -2.30. The van der Waals surface area contributed by atoms with E-state index in [-0.39, 0.29) is 18.7 Å². The molecule has 152 valence electrons. The molecule has 30 heavy (non-hydrogen) atoms. The standard InChI is InChI=1S/C25H23NO4/c1-17(18-7-3-2-4-8-18)26(15-20-10-6-12-22-24(20)30-16-29-22)25(27)21-11-5-9-19-13-14-28-23(19)21/h2-12,17H,13-16H2,1H3/t17-/m1/s1. The molecule has 0 fully saturated rings. The Balaban J connectivity index is 1.54. The summed E-state index contributed by atoms with van der Waals surface area (Å²) in [5.74, 6) is 2.09. The van der Waals surface area contributed by atoms with Crippen LogP contribution >= 0.6 is 0 Å². The van der Waals surface area contributed by atoms with Gasteiger partial charge < -0.3 is 19.1 Å². The van der Waals surface area contributed by atoms with E-state index in [1.54, 1.807) is 0 Å². The molecule has 3 aromatic rings. The first kappa shape index (κ1) is 18.6. The molecule has 0 saturated carbocycles. The van der Waals surface area contributed by atoms with Crippen molar-refractivity contribution in [3.05, 3.63) is 89.0 Å². The number of benzene rings is 3. The summed E-state index contributed by atoms with van der Waals surface area (Å²) in [4.78, 5) is 15.7. The van der Waals surface area contributed by atoms with Crippen molar-refractivity contribution >= 4 is 5.91 Å². The highest BCUT2D eigenvalue weighted by atomic mass is 16.7. The molecule has 5 heteroatoms. The van der Waals surface area contributed by atoms with Crippen molar-refractivity contribution in [1.82, 2.24) is 4.90 Å². The van der Waals surface area contributed by atoms with Crippen LogP contribution in [0.3, 0.4) is 0 Å². The molecule has 0 N–H and O–H groups in total. The number of hydrogen-bond acceptors (Lipinski definition) is 4. The average Bonchev–Trinajstić information content (AvgIpc) is 3.46. The van der Waals surface area contributed by atoms with E-state index in [0.717, 1.165) is 28.9 Å². The van der Waals surface area contributed by atoms with Crippen molar-refractivity contribution < 1.29 is 19.0 Å². The number of para-hydroxylation sites is 2. The van der Waals surface area contributed by atoms with Crippen molar-refractivity contribution in [2.24, 2.45) is 0 Å². The fourth-order valence-electron chi connectivity index (χ4n) is 4.13. The number of hydrogen-bond donors (Lipinski definition) is 0. The van der Waals surface area contributed by atoms with Crippen LogP contribution < -0.4 is 14.2 Å². The second kappa shape index (κ2) is 7.75. The monoisotopic (exact) mass is 401 g/mol. The maximum absolute atomic E-state index is 13.8. The Morgan fingerprint density at radius 1 is 0.933 bits per heavy atom. The highest BCUT2D eigenvalue weighted by molar-refractivity contribution is 5.97. The Hall–Kier alpha value is -3.47. The molecule has 0 spiro atoms. The van der Waals surface area contributed by atoms with Gasteiger partial charge >= 0.3 is 0 Å². The number of carbonyl (C=O) groups excluding carboxylic acids is 1. The van der Waals surface area contributed by atoms with E-state index in [9.17, 15) is 4.79 Å². The predicted octanol–water partition coefficient (Wildman–Crippen LogP) is 4.75. The van der Waals surface area contributed by atoms with E-state index in [1.165, 1.54) is 0 Å². The minimum absolute atomic E-state index is 0.0541. The lowest BCUT2D eigenvalue weighted by molar-refractivity contribution is 0.0668. The van der Waals surface area contributed by atoms with E-state index in [2.05, 4.69) is 6.92 Å². The van der Waals surface area contributed by atoms with Crippen LogP contribution in [0.15, 0.2) is 66.7 Å². The third kappa shape index (κ3) is 3.26. The van der Waals surface area contributed by atoms with Gasteiger partial charge in [0, 0.05) is 12.0 Å². The molecule has 1 amide bonds. The zero-order chi connectivity index (χ0) is 20.5. The van der Waals surface area contributed by atoms with E-state index < -0.39 is 0 Å². The van der Waals surface area contributed by atoms with Crippen LogP contribution in [0.25, 0.3) is 0 Å². The molecule has 0 bridgehead atoms. The first-order valence-corrected chi connectivity index (χ1v) is 10.2. The molecule has 5 nitrogen and oxygen atoms in total. The first-order valence-electron chi connectivity index (χ1n) is 10.2. The van der Waals surface area contributed by atoms with Gasteiger partial charge in [-0.15, -0.1) is 0 Å². The maximum atomic E-state index is 13.8. The summed E-state index contributed by atoms with van der Waals surface area (Å²) >= 11 is 0. The molecule has 2 heterocycles. The van der Waals surface area contributed by atoms with Gasteiger partial charge in [-0.1, -0.05) is 54.6 Å². The third-order valence-corrected chi connectivity index (χ3v) is 5.77. The molecule has 0 unspecified atom stereocenters. The van der Waals surface area contributed by atoms with Crippen molar-refractivity contribution in [3.8, 4) is 17.2 Å². The summed E-state index contributed by atoms with van der Waals surface area (Å²) in [5, 5.41) is 0. The smallest absolute Gasteiger partial charge is 0.258 e. The van der Waals surface area contributed by atoms with Crippen molar-refractivity contribution in [3.63, 3.8) is 0 Å². The van der Waals surface area contributed by atoms with Crippen molar-refractivity contribution in [2.45, 2.75) is 25.9 Å². The fraction of sp³-hybridized carbons (Fsp3) is 0.240. The van der Waals surface area contributed by atoms with Crippen LogP contribution in [-0.4, -0.2) is 24.2 Å². The molecule has 0 saturated heterocycles. The van der Waals surface area contributed by atoms with Gasteiger partial charge in [0.05, 0.1) is 24.8 Å². The molecule has 2 aliphatic heterocycles. The summed E-state index contributed by atoms with van der Waals surface area (Å²) in [6, 6.07) is 21.6. The molecule has 0 aliphatic carbocycles. The van der Waals surface area contributed by atoms with E-state index in [0.29, 0.717) is 30.2 Å². The second-order valence-corrected chi connectivity index (χ2v) is 7.56. The van der Waals surface area contributed by atoms with Crippen LogP contribution in [0.2, 0.25) is 0 Å². The van der Waals surface area contributed by atoms with Gasteiger partial charge in [0.25, 0.3) is 5.91 Å².